The molecule has 0 saturated carbocycles. The van der Waals surface area contributed by atoms with E-state index < -0.39 is 0 Å². The average molecular weight is 434 g/mol. The van der Waals surface area contributed by atoms with Gasteiger partial charge in [0, 0.05) is 56.2 Å². The zero-order valence-corrected chi connectivity index (χ0v) is 18.2. The molecule has 0 bridgehead atoms. The third kappa shape index (κ3) is 4.10. The number of urea groups is 1. The van der Waals surface area contributed by atoms with Crippen molar-refractivity contribution in [3.8, 4) is 11.5 Å². The minimum Gasteiger partial charge on any atom is -0.420 e. The molecule has 0 aliphatic carbocycles. The first-order valence-electron chi connectivity index (χ1n) is 11.0. The van der Waals surface area contributed by atoms with Gasteiger partial charge in [0.25, 0.3) is 0 Å². The normalized spacial score (nSPS) is 19.9. The summed E-state index contributed by atoms with van der Waals surface area (Å²) in [7, 11) is 0. The molecule has 166 valence electrons. The van der Waals surface area contributed by atoms with E-state index in [1.54, 1.807) is 12.4 Å². The summed E-state index contributed by atoms with van der Waals surface area (Å²) in [6.07, 6.45) is 5.14. The molecule has 2 fully saturated rings. The monoisotopic (exact) mass is 433 g/mol. The average Bonchev–Trinajstić information content (AvgIpc) is 3.45. The zero-order chi connectivity index (χ0) is 22.0. The first-order valence-corrected chi connectivity index (χ1v) is 11.0. The molecule has 2 aromatic heterocycles. The Labute approximate surface area is 187 Å². The maximum Gasteiger partial charge on any atom is 0.317 e. The van der Waals surface area contributed by atoms with Gasteiger partial charge in [0.05, 0.1) is 5.92 Å². The fourth-order valence-electron chi connectivity index (χ4n) is 4.73. The van der Waals surface area contributed by atoms with Crippen molar-refractivity contribution < 1.29 is 13.9 Å². The van der Waals surface area contributed by atoms with Gasteiger partial charge in [-0.15, -0.1) is 10.2 Å². The van der Waals surface area contributed by atoms with Crippen molar-refractivity contribution in [3.05, 3.63) is 65.8 Å². The highest BCUT2D eigenvalue weighted by Gasteiger charge is 2.51. The number of aromatic nitrogens is 3. The fourth-order valence-corrected chi connectivity index (χ4v) is 4.73. The number of carbonyl (C=O) groups is 1. The topological polar surface area (TPSA) is 93.4 Å². The van der Waals surface area contributed by atoms with Gasteiger partial charge in [-0.2, -0.15) is 0 Å². The lowest BCUT2D eigenvalue weighted by atomic mass is 9.72. The number of nitrogens with one attached hydrogen (secondary N) is 1. The van der Waals surface area contributed by atoms with E-state index in [1.165, 1.54) is 5.56 Å². The number of rotatable bonds is 4. The third-order valence-electron chi connectivity index (χ3n) is 6.65. The molecule has 8 nitrogen and oxygen atoms in total. The number of likely N-dealkylation sites (tertiary alicyclic amines) is 1. The Morgan fingerprint density at radius 1 is 1.12 bits per heavy atom. The van der Waals surface area contributed by atoms with Gasteiger partial charge in [0.1, 0.15) is 0 Å². The standard InChI is InChI=1S/C24H27N5O3/c1-17-2-4-18(5-3-17)14-26-23(30)29-15-20(24(16-29)8-12-31-13-9-24)22-28-27-21(32-22)19-6-10-25-11-7-19/h2-7,10-11,20H,8-9,12-16H2,1H3,(H,26,30). The van der Waals surface area contributed by atoms with Gasteiger partial charge in [0.2, 0.25) is 11.8 Å². The molecule has 0 radical (unpaired) electrons. The number of pyridine rings is 1. The van der Waals surface area contributed by atoms with Crippen LogP contribution in [0.15, 0.2) is 53.2 Å². The summed E-state index contributed by atoms with van der Waals surface area (Å²) in [5.74, 6) is 1.05. The van der Waals surface area contributed by atoms with E-state index in [9.17, 15) is 4.79 Å². The molecule has 1 atom stereocenters. The highest BCUT2D eigenvalue weighted by atomic mass is 16.5. The summed E-state index contributed by atoms with van der Waals surface area (Å²) in [5.41, 5.74) is 3.01. The number of hydrogen-bond donors (Lipinski definition) is 1. The summed E-state index contributed by atoms with van der Waals surface area (Å²) < 4.78 is 11.7. The highest BCUT2D eigenvalue weighted by Crippen LogP contribution is 2.49. The second-order valence-electron chi connectivity index (χ2n) is 8.73. The Bertz CT molecular complexity index is 1060. The van der Waals surface area contributed by atoms with E-state index in [-0.39, 0.29) is 17.4 Å². The van der Waals surface area contributed by atoms with Gasteiger partial charge in [-0.3, -0.25) is 4.98 Å². The van der Waals surface area contributed by atoms with E-state index in [2.05, 4.69) is 39.6 Å². The van der Waals surface area contributed by atoms with Crippen LogP contribution < -0.4 is 5.32 Å². The maximum absolute atomic E-state index is 13.0. The van der Waals surface area contributed by atoms with E-state index in [1.807, 2.05) is 29.2 Å². The van der Waals surface area contributed by atoms with Crippen LogP contribution >= 0.6 is 0 Å². The van der Waals surface area contributed by atoms with Crippen LogP contribution in [0, 0.1) is 12.3 Å². The van der Waals surface area contributed by atoms with E-state index in [0.29, 0.717) is 44.6 Å². The van der Waals surface area contributed by atoms with E-state index in [0.717, 1.165) is 24.0 Å². The molecule has 3 aromatic rings. The van der Waals surface area contributed by atoms with Crippen molar-refractivity contribution in [1.29, 1.82) is 0 Å². The maximum atomic E-state index is 13.0. The van der Waals surface area contributed by atoms with Gasteiger partial charge in [0.15, 0.2) is 0 Å². The second kappa shape index (κ2) is 8.70. The third-order valence-corrected chi connectivity index (χ3v) is 6.65. The van der Waals surface area contributed by atoms with Crippen LogP contribution in [0.3, 0.4) is 0 Å². The molecule has 2 aliphatic rings. The van der Waals surface area contributed by atoms with Gasteiger partial charge in [-0.05, 0) is 37.5 Å². The Morgan fingerprint density at radius 3 is 2.62 bits per heavy atom. The fraction of sp³-hybridized carbons (Fsp3) is 0.417. The predicted molar refractivity (Wildman–Crippen MR) is 118 cm³/mol. The molecule has 1 unspecified atom stereocenters. The summed E-state index contributed by atoms with van der Waals surface area (Å²) in [5, 5.41) is 11.7. The summed E-state index contributed by atoms with van der Waals surface area (Å²) in [4.78, 5) is 19.0. The number of nitrogens with zero attached hydrogens (tertiary/aromatic N) is 4. The van der Waals surface area contributed by atoms with Gasteiger partial charge < -0.3 is 19.4 Å². The van der Waals surface area contributed by atoms with E-state index in [4.69, 9.17) is 9.15 Å². The Morgan fingerprint density at radius 2 is 1.88 bits per heavy atom. The molecule has 2 aliphatic heterocycles. The quantitative estimate of drug-likeness (QED) is 0.676. The van der Waals surface area contributed by atoms with Crippen LogP contribution in [0.1, 0.15) is 35.8 Å². The molecule has 1 aromatic carbocycles. The number of carbonyl (C=O) groups excluding carboxylic acids is 1. The lowest BCUT2D eigenvalue weighted by Crippen LogP contribution is -2.41. The van der Waals surface area contributed by atoms with Crippen molar-refractivity contribution in [2.75, 3.05) is 26.3 Å². The lowest BCUT2D eigenvalue weighted by molar-refractivity contribution is 0.0102. The van der Waals surface area contributed by atoms with Crippen molar-refractivity contribution in [2.24, 2.45) is 5.41 Å². The summed E-state index contributed by atoms with van der Waals surface area (Å²) in [6.45, 7) is 5.13. The number of amides is 2. The molecular weight excluding hydrogens is 406 g/mol. The smallest absolute Gasteiger partial charge is 0.317 e. The lowest BCUT2D eigenvalue weighted by Gasteiger charge is -2.36. The molecular formula is C24H27N5O3. The van der Waals surface area contributed by atoms with Crippen LogP contribution in [-0.2, 0) is 11.3 Å². The SMILES string of the molecule is Cc1ccc(CNC(=O)N2CC(c3nnc(-c4ccncc4)o3)C3(CCOCC3)C2)cc1. The van der Waals surface area contributed by atoms with Crippen molar-refractivity contribution in [1.82, 2.24) is 25.4 Å². The summed E-state index contributed by atoms with van der Waals surface area (Å²) >= 11 is 0. The first-order chi connectivity index (χ1) is 15.6. The minimum atomic E-state index is -0.110. The number of hydrogen-bond acceptors (Lipinski definition) is 6. The van der Waals surface area contributed by atoms with Gasteiger partial charge in [-0.25, -0.2) is 4.79 Å². The molecule has 2 saturated heterocycles. The minimum absolute atomic E-state index is 0.0142. The Hall–Kier alpha value is -3.26. The number of aryl methyl sites for hydroxylation is 1. The number of benzene rings is 1. The molecule has 8 heteroatoms. The van der Waals surface area contributed by atoms with Crippen molar-refractivity contribution >= 4 is 6.03 Å². The number of ether oxygens (including phenoxy) is 1. The first kappa shape index (κ1) is 20.6. The Balaban J connectivity index is 1.33. The molecule has 1 spiro atoms. The molecule has 32 heavy (non-hydrogen) atoms. The van der Waals surface area contributed by atoms with Crippen LogP contribution in [0.25, 0.3) is 11.5 Å². The highest BCUT2D eigenvalue weighted by molar-refractivity contribution is 5.74. The zero-order valence-electron chi connectivity index (χ0n) is 18.2. The van der Waals surface area contributed by atoms with Crippen LogP contribution in [0.2, 0.25) is 0 Å². The van der Waals surface area contributed by atoms with Gasteiger partial charge >= 0.3 is 6.03 Å². The molecule has 4 heterocycles. The molecule has 2 amide bonds. The molecule has 5 rings (SSSR count). The summed E-state index contributed by atoms with van der Waals surface area (Å²) in [6, 6.07) is 11.8. The molecule has 1 N–H and O–H groups in total. The van der Waals surface area contributed by atoms with E-state index >= 15 is 0 Å². The van der Waals surface area contributed by atoms with Crippen LogP contribution in [-0.4, -0.2) is 52.4 Å². The Kier molecular flexibility index (Phi) is 5.61. The van der Waals surface area contributed by atoms with Crippen molar-refractivity contribution in [2.45, 2.75) is 32.2 Å². The van der Waals surface area contributed by atoms with Crippen LogP contribution in [0.5, 0.6) is 0 Å². The predicted octanol–water partition coefficient (Wildman–Crippen LogP) is 3.55. The van der Waals surface area contributed by atoms with Gasteiger partial charge in [-0.1, -0.05) is 29.8 Å². The largest absolute Gasteiger partial charge is 0.420 e. The van der Waals surface area contributed by atoms with Crippen molar-refractivity contribution in [3.63, 3.8) is 0 Å². The second-order valence-corrected chi connectivity index (χ2v) is 8.73. The van der Waals surface area contributed by atoms with Crippen LogP contribution in [0.4, 0.5) is 4.79 Å².